The van der Waals surface area contributed by atoms with Gasteiger partial charge in [-0.25, -0.2) is 4.90 Å². The minimum atomic E-state index is -0.769. The average Bonchev–Trinajstić information content (AvgIpc) is 3.29. The van der Waals surface area contributed by atoms with Gasteiger partial charge in [-0.2, -0.15) is 0 Å². The summed E-state index contributed by atoms with van der Waals surface area (Å²) < 4.78 is 7.90. The number of benzene rings is 2. The topological polar surface area (TPSA) is 83.1 Å². The van der Waals surface area contributed by atoms with Crippen LogP contribution in [0.25, 0.3) is 22.6 Å². The lowest BCUT2D eigenvalue weighted by Gasteiger charge is -2.30. The minimum absolute atomic E-state index is 0.195. The molecule has 3 heterocycles. The van der Waals surface area contributed by atoms with E-state index in [1.54, 1.807) is 9.58 Å². The Hall–Kier alpha value is -3.36. The van der Waals surface area contributed by atoms with E-state index in [2.05, 4.69) is 4.98 Å². The van der Waals surface area contributed by atoms with E-state index in [-0.39, 0.29) is 11.5 Å². The first-order valence-electron chi connectivity index (χ1n) is 10.8. The maximum atomic E-state index is 13.2. The van der Waals surface area contributed by atoms with Gasteiger partial charge < -0.3 is 4.42 Å². The first kappa shape index (κ1) is 22.4. The van der Waals surface area contributed by atoms with Crippen molar-refractivity contribution in [3.63, 3.8) is 0 Å². The molecule has 0 bridgehead atoms. The molecule has 2 aromatic heterocycles. The molecule has 0 unspecified atom stereocenters. The van der Waals surface area contributed by atoms with Crippen molar-refractivity contribution in [1.82, 2.24) is 10.1 Å². The van der Waals surface area contributed by atoms with E-state index in [9.17, 15) is 9.59 Å². The summed E-state index contributed by atoms with van der Waals surface area (Å²) in [6.45, 7) is 5.41. The van der Waals surface area contributed by atoms with Gasteiger partial charge >= 0.3 is 17.4 Å². The zero-order valence-corrected chi connectivity index (χ0v) is 20.4. The van der Waals surface area contributed by atoms with Crippen molar-refractivity contribution in [3.8, 4) is 22.6 Å². The van der Waals surface area contributed by atoms with Crippen molar-refractivity contribution in [2.75, 3.05) is 10.7 Å². The number of aromatic amines is 1. The molecular weight excluding hydrogens is 472 g/mol. The Morgan fingerprint density at radius 3 is 2.71 bits per heavy atom. The van der Waals surface area contributed by atoms with Crippen molar-refractivity contribution < 1.29 is 13.9 Å². The predicted molar refractivity (Wildman–Crippen MR) is 132 cm³/mol. The zero-order valence-electron chi connectivity index (χ0n) is 18.8. The summed E-state index contributed by atoms with van der Waals surface area (Å²) in [5, 5.41) is 5.83. The Balaban J connectivity index is 1.75. The number of hydrogen-bond donors (Lipinski definition) is 1. The number of rotatable bonds is 4. The predicted octanol–water partition coefficient (Wildman–Crippen LogP) is 4.97. The summed E-state index contributed by atoms with van der Waals surface area (Å²) in [5.41, 5.74) is 3.11. The quantitative estimate of drug-likeness (QED) is 0.320. The normalized spacial score (nSPS) is 14.6. The highest BCUT2D eigenvalue weighted by molar-refractivity contribution is 7.99. The van der Waals surface area contributed by atoms with Crippen LogP contribution in [0.3, 0.4) is 0 Å². The van der Waals surface area contributed by atoms with E-state index in [1.807, 2.05) is 68.4 Å². The number of halogens is 1. The highest BCUT2D eigenvalue weighted by atomic mass is 35.5. The van der Waals surface area contributed by atoms with E-state index in [0.29, 0.717) is 38.6 Å². The zero-order chi connectivity index (χ0) is 24.0. The third-order valence-electron chi connectivity index (χ3n) is 5.79. The van der Waals surface area contributed by atoms with E-state index in [1.165, 1.54) is 18.7 Å². The lowest BCUT2D eigenvalue weighted by molar-refractivity contribution is -0.764. The standard InChI is InChI=1S/C25H21ClN4O3S/c1-4-34-25-27-23(32)22-17-8-5-6-11-19(17)29(15(3)31)24(30(22)28-25)21-13-12-20(33-21)16-9-7-10-18(26)14(16)2/h5-13,24H,4H2,1-3H3/p+1/t24-/m0/s1. The summed E-state index contributed by atoms with van der Waals surface area (Å²) in [4.78, 5) is 30.6. The molecule has 7 nitrogen and oxygen atoms in total. The van der Waals surface area contributed by atoms with Crippen LogP contribution in [0.1, 0.15) is 31.3 Å². The van der Waals surface area contributed by atoms with Crippen molar-refractivity contribution in [2.24, 2.45) is 0 Å². The molecule has 0 radical (unpaired) electrons. The molecule has 0 spiro atoms. The highest BCUT2D eigenvalue weighted by Gasteiger charge is 2.46. The summed E-state index contributed by atoms with van der Waals surface area (Å²) in [6.07, 6.45) is -0.769. The Morgan fingerprint density at radius 1 is 1.18 bits per heavy atom. The number of para-hydroxylation sites is 1. The van der Waals surface area contributed by atoms with Gasteiger partial charge in [-0.05, 0) is 53.3 Å². The van der Waals surface area contributed by atoms with Crippen molar-refractivity contribution in [1.29, 1.82) is 0 Å². The van der Waals surface area contributed by atoms with Crippen LogP contribution in [0, 0.1) is 6.92 Å². The largest absolute Gasteiger partial charge is 0.452 e. The van der Waals surface area contributed by atoms with Gasteiger partial charge in [0.25, 0.3) is 0 Å². The number of furan rings is 1. The first-order chi connectivity index (χ1) is 16.4. The number of thioether (sulfide) groups is 1. The monoisotopic (exact) mass is 493 g/mol. The van der Waals surface area contributed by atoms with Crippen LogP contribution >= 0.6 is 23.4 Å². The number of carbonyl (C=O) groups is 1. The Kier molecular flexibility index (Phi) is 5.79. The van der Waals surface area contributed by atoms with Gasteiger partial charge in [0.05, 0.1) is 11.3 Å². The molecule has 9 heteroatoms. The molecular formula is C25H22ClN4O3S+. The molecule has 1 N–H and O–H groups in total. The van der Waals surface area contributed by atoms with Crippen LogP contribution in [0.5, 0.6) is 0 Å². The number of amides is 1. The minimum Gasteiger partial charge on any atom is -0.452 e. The van der Waals surface area contributed by atoms with E-state index < -0.39 is 6.17 Å². The van der Waals surface area contributed by atoms with Crippen LogP contribution < -0.4 is 15.1 Å². The Labute approximate surface area is 205 Å². The maximum Gasteiger partial charge on any atom is 0.325 e. The molecule has 1 atom stereocenters. The summed E-state index contributed by atoms with van der Waals surface area (Å²) in [5.74, 6) is 1.64. The maximum absolute atomic E-state index is 13.2. The van der Waals surface area contributed by atoms with Crippen LogP contribution in [-0.2, 0) is 4.79 Å². The van der Waals surface area contributed by atoms with Crippen molar-refractivity contribution >= 4 is 35.0 Å². The second-order valence-corrected chi connectivity index (χ2v) is 9.54. The summed E-state index contributed by atoms with van der Waals surface area (Å²) >= 11 is 7.74. The number of H-pyrrole nitrogens is 1. The number of hydrogen-bond acceptors (Lipinski definition) is 5. The molecule has 4 aromatic rings. The van der Waals surface area contributed by atoms with Gasteiger partial charge in [-0.1, -0.05) is 54.6 Å². The third-order valence-corrected chi connectivity index (χ3v) is 6.95. The molecule has 2 aromatic carbocycles. The molecule has 172 valence electrons. The van der Waals surface area contributed by atoms with Crippen LogP contribution in [0.2, 0.25) is 5.02 Å². The van der Waals surface area contributed by atoms with E-state index in [0.717, 1.165) is 16.9 Å². The molecule has 0 aliphatic carbocycles. The van der Waals surface area contributed by atoms with Crippen molar-refractivity contribution in [2.45, 2.75) is 32.1 Å². The Bertz CT molecular complexity index is 1480. The fraction of sp³-hybridized carbons (Fsp3) is 0.200. The lowest BCUT2D eigenvalue weighted by atomic mass is 10.0. The van der Waals surface area contributed by atoms with Crippen LogP contribution in [0.4, 0.5) is 5.69 Å². The smallest absolute Gasteiger partial charge is 0.325 e. The molecule has 1 amide bonds. The highest BCUT2D eigenvalue weighted by Crippen LogP contribution is 2.39. The number of carbonyl (C=O) groups excluding carboxylic acids is 1. The third kappa shape index (κ3) is 3.63. The van der Waals surface area contributed by atoms with Crippen molar-refractivity contribution in [3.05, 3.63) is 81.3 Å². The van der Waals surface area contributed by atoms with Gasteiger partial charge in [-0.3, -0.25) is 14.6 Å². The number of aromatic nitrogens is 3. The first-order valence-corrected chi connectivity index (χ1v) is 12.2. The second kappa shape index (κ2) is 8.77. The number of nitrogens with one attached hydrogen (secondary N) is 1. The Morgan fingerprint density at radius 2 is 1.94 bits per heavy atom. The summed E-state index contributed by atoms with van der Waals surface area (Å²) in [7, 11) is 0. The van der Waals surface area contributed by atoms with E-state index in [4.69, 9.17) is 21.1 Å². The molecule has 0 saturated carbocycles. The molecule has 5 rings (SSSR count). The van der Waals surface area contributed by atoms with Gasteiger partial charge in [0.2, 0.25) is 11.1 Å². The van der Waals surface area contributed by atoms with Gasteiger partial charge in [0.1, 0.15) is 5.76 Å². The summed E-state index contributed by atoms with van der Waals surface area (Å²) in [6, 6.07) is 16.6. The molecule has 34 heavy (non-hydrogen) atoms. The van der Waals surface area contributed by atoms with E-state index >= 15 is 0 Å². The molecule has 1 aliphatic rings. The SMILES string of the molecule is CCSc1n[n+]2c(c(=O)[nH]1)-c1ccccc1N(C(C)=O)[C@@H]2c1ccc(-c2cccc(Cl)c2C)o1. The molecule has 0 fully saturated rings. The average molecular weight is 494 g/mol. The number of anilines is 1. The fourth-order valence-electron chi connectivity index (χ4n) is 4.28. The van der Waals surface area contributed by atoms with Gasteiger partial charge in [0, 0.05) is 22.6 Å². The fourth-order valence-corrected chi connectivity index (χ4v) is 5.04. The van der Waals surface area contributed by atoms with Gasteiger partial charge in [0.15, 0.2) is 5.76 Å². The van der Waals surface area contributed by atoms with Crippen LogP contribution in [-0.4, -0.2) is 21.7 Å². The molecule has 1 aliphatic heterocycles. The number of fused-ring (bicyclic) bond motifs is 3. The second-order valence-electron chi connectivity index (χ2n) is 7.88. The lowest BCUT2D eigenvalue weighted by Crippen LogP contribution is -2.60. The van der Waals surface area contributed by atoms with Crippen LogP contribution in [0.15, 0.2) is 69.0 Å². The molecule has 0 saturated heterocycles. The van der Waals surface area contributed by atoms with Gasteiger partial charge in [-0.15, -0.1) is 0 Å². The number of nitrogens with zero attached hydrogens (tertiary/aromatic N) is 3.